The van der Waals surface area contributed by atoms with E-state index in [1.165, 1.54) is 11.8 Å². The molecular weight excluding hydrogens is 466 g/mol. The fourth-order valence-corrected chi connectivity index (χ4v) is 4.68. The number of thioether (sulfide) groups is 1. The monoisotopic (exact) mass is 499 g/mol. The number of ether oxygens (including phenoxy) is 1. The Morgan fingerprint density at radius 3 is 2.11 bits per heavy atom. The molecule has 2 atom stereocenters. The van der Waals surface area contributed by atoms with E-state index in [0.717, 1.165) is 22.3 Å². The lowest BCUT2D eigenvalue weighted by atomic mass is 9.98. The maximum atomic E-state index is 12.9. The Morgan fingerprint density at radius 1 is 0.971 bits per heavy atom. The number of carbonyl (C=O) groups excluding carboxylic acids is 2. The Kier molecular flexibility index (Phi) is 9.56. The third kappa shape index (κ3) is 6.99. The molecule has 0 saturated heterocycles. The van der Waals surface area contributed by atoms with Gasteiger partial charge in [-0.25, -0.2) is 9.59 Å². The Morgan fingerprint density at radius 2 is 1.57 bits per heavy atom. The fourth-order valence-electron chi connectivity index (χ4n) is 4.20. The van der Waals surface area contributed by atoms with Crippen LogP contribution in [0.4, 0.5) is 4.79 Å². The van der Waals surface area contributed by atoms with Crippen LogP contribution in [0.1, 0.15) is 29.9 Å². The number of nitrogens with one attached hydrogen (secondary N) is 2. The summed E-state index contributed by atoms with van der Waals surface area (Å²) in [6.45, 7) is 0.664. The van der Waals surface area contributed by atoms with Gasteiger partial charge in [-0.1, -0.05) is 48.5 Å². The summed E-state index contributed by atoms with van der Waals surface area (Å²) in [5.41, 5.74) is 4.46. The second-order valence-electron chi connectivity index (χ2n) is 8.80. The van der Waals surface area contributed by atoms with Crippen molar-refractivity contribution in [3.63, 3.8) is 0 Å². The van der Waals surface area contributed by atoms with Crippen molar-refractivity contribution < 1.29 is 24.2 Å². The number of aliphatic carboxylic acids is 1. The number of benzene rings is 2. The highest BCUT2D eigenvalue weighted by Gasteiger charge is 2.30. The van der Waals surface area contributed by atoms with Gasteiger partial charge < -0.3 is 25.4 Å². The third-order valence-corrected chi connectivity index (χ3v) is 6.69. The minimum Gasteiger partial charge on any atom is -0.480 e. The molecule has 0 spiro atoms. The average molecular weight is 500 g/mol. The number of fused-ring (bicyclic) bond motifs is 3. The van der Waals surface area contributed by atoms with Gasteiger partial charge in [0.05, 0.1) is 0 Å². The minimum atomic E-state index is -1.10. The van der Waals surface area contributed by atoms with Gasteiger partial charge in [-0.05, 0) is 67.7 Å². The highest BCUT2D eigenvalue weighted by atomic mass is 32.2. The van der Waals surface area contributed by atoms with Crippen molar-refractivity contribution in [2.24, 2.45) is 0 Å². The van der Waals surface area contributed by atoms with Gasteiger partial charge in [-0.3, -0.25) is 4.79 Å². The predicted molar refractivity (Wildman–Crippen MR) is 138 cm³/mol. The van der Waals surface area contributed by atoms with Crippen molar-refractivity contribution in [3.8, 4) is 11.1 Å². The predicted octanol–water partition coefficient (Wildman–Crippen LogP) is 3.17. The van der Waals surface area contributed by atoms with Crippen molar-refractivity contribution in [3.05, 3.63) is 59.7 Å². The molecule has 2 amide bonds. The van der Waals surface area contributed by atoms with Crippen LogP contribution in [0.3, 0.4) is 0 Å². The molecule has 1 aliphatic rings. The van der Waals surface area contributed by atoms with Crippen molar-refractivity contribution >= 4 is 29.7 Å². The number of rotatable bonds is 12. The Balaban J connectivity index is 1.65. The van der Waals surface area contributed by atoms with Crippen LogP contribution >= 0.6 is 11.8 Å². The lowest BCUT2D eigenvalue weighted by Crippen LogP contribution is -2.52. The van der Waals surface area contributed by atoms with Crippen LogP contribution in [0.25, 0.3) is 11.1 Å². The van der Waals surface area contributed by atoms with E-state index in [0.29, 0.717) is 25.1 Å². The zero-order chi connectivity index (χ0) is 25.4. The highest BCUT2D eigenvalue weighted by molar-refractivity contribution is 7.98. The summed E-state index contributed by atoms with van der Waals surface area (Å²) in [5.74, 6) is -1.13. The summed E-state index contributed by atoms with van der Waals surface area (Å²) in [6, 6.07) is 14.2. The van der Waals surface area contributed by atoms with Crippen LogP contribution in [0, 0.1) is 0 Å². The first-order chi connectivity index (χ1) is 16.8. The summed E-state index contributed by atoms with van der Waals surface area (Å²) >= 11 is 1.51. The molecule has 3 rings (SSSR count). The van der Waals surface area contributed by atoms with Crippen LogP contribution in [-0.4, -0.2) is 79.3 Å². The average Bonchev–Trinajstić information content (AvgIpc) is 3.16. The first-order valence-electron chi connectivity index (χ1n) is 11.6. The van der Waals surface area contributed by atoms with Gasteiger partial charge in [-0.15, -0.1) is 0 Å². The lowest BCUT2D eigenvalue weighted by Gasteiger charge is -2.23. The Labute approximate surface area is 210 Å². The topological polar surface area (TPSA) is 108 Å². The van der Waals surface area contributed by atoms with Gasteiger partial charge in [-0.2, -0.15) is 11.8 Å². The molecule has 2 aromatic rings. The smallest absolute Gasteiger partial charge is 0.407 e. The maximum Gasteiger partial charge on any atom is 0.407 e. The van der Waals surface area contributed by atoms with E-state index in [4.69, 9.17) is 4.74 Å². The number of carboxylic acid groups (broad SMARTS) is 1. The zero-order valence-electron chi connectivity index (χ0n) is 20.3. The van der Waals surface area contributed by atoms with Gasteiger partial charge >= 0.3 is 12.1 Å². The van der Waals surface area contributed by atoms with E-state index in [9.17, 15) is 19.5 Å². The molecule has 0 bridgehead atoms. The molecule has 2 aromatic carbocycles. The molecule has 0 fully saturated rings. The molecule has 9 heteroatoms. The third-order valence-electron chi connectivity index (χ3n) is 6.04. The number of nitrogens with zero attached hydrogens (tertiary/aromatic N) is 1. The van der Waals surface area contributed by atoms with E-state index in [2.05, 4.69) is 22.8 Å². The summed E-state index contributed by atoms with van der Waals surface area (Å²) in [4.78, 5) is 39.1. The van der Waals surface area contributed by atoms with Gasteiger partial charge in [0.25, 0.3) is 0 Å². The van der Waals surface area contributed by atoms with Crippen LogP contribution in [-0.2, 0) is 14.3 Å². The van der Waals surface area contributed by atoms with Gasteiger partial charge in [0, 0.05) is 5.92 Å². The Hall–Kier alpha value is -3.04. The summed E-state index contributed by atoms with van der Waals surface area (Å²) < 4.78 is 5.58. The summed E-state index contributed by atoms with van der Waals surface area (Å²) in [7, 11) is 3.72. The van der Waals surface area contributed by atoms with Crippen molar-refractivity contribution in [2.45, 2.75) is 30.8 Å². The van der Waals surface area contributed by atoms with E-state index in [1.54, 1.807) is 0 Å². The number of hydrogen-bond donors (Lipinski definition) is 3. The molecular formula is C26H33N3O5S. The van der Waals surface area contributed by atoms with Crippen molar-refractivity contribution in [1.29, 1.82) is 0 Å². The van der Waals surface area contributed by atoms with Gasteiger partial charge in [0.2, 0.25) is 5.91 Å². The summed E-state index contributed by atoms with van der Waals surface area (Å²) in [6.07, 6.45) is 1.78. The number of amides is 2. The molecule has 0 aliphatic heterocycles. The molecule has 0 aromatic heterocycles. The molecule has 8 nitrogen and oxygen atoms in total. The summed E-state index contributed by atoms with van der Waals surface area (Å²) in [5, 5.41) is 14.7. The van der Waals surface area contributed by atoms with Crippen molar-refractivity contribution in [1.82, 2.24) is 15.5 Å². The van der Waals surface area contributed by atoms with E-state index < -0.39 is 30.1 Å². The molecule has 188 valence electrons. The first-order valence-corrected chi connectivity index (χ1v) is 13.0. The molecule has 0 heterocycles. The molecule has 3 N–H and O–H groups in total. The largest absolute Gasteiger partial charge is 0.480 e. The quantitative estimate of drug-likeness (QED) is 0.412. The zero-order valence-corrected chi connectivity index (χ0v) is 21.1. The normalized spacial score (nSPS) is 14.1. The van der Waals surface area contributed by atoms with Crippen LogP contribution in [0.15, 0.2) is 48.5 Å². The molecule has 2 unspecified atom stereocenters. The van der Waals surface area contributed by atoms with Crippen LogP contribution in [0.2, 0.25) is 0 Å². The number of carboxylic acids is 1. The first kappa shape index (κ1) is 26.6. The van der Waals surface area contributed by atoms with E-state index >= 15 is 0 Å². The van der Waals surface area contributed by atoms with Gasteiger partial charge in [0.15, 0.2) is 0 Å². The highest BCUT2D eigenvalue weighted by Crippen LogP contribution is 2.44. The molecule has 1 aliphatic carbocycles. The molecule has 0 radical (unpaired) electrons. The number of alkyl carbamates (subject to hydrolysis) is 1. The fraction of sp³-hybridized carbons (Fsp3) is 0.423. The maximum absolute atomic E-state index is 12.9. The second-order valence-corrected chi connectivity index (χ2v) is 9.78. The molecule has 0 saturated carbocycles. The number of hydrogen-bond acceptors (Lipinski definition) is 6. The van der Waals surface area contributed by atoms with Crippen LogP contribution < -0.4 is 10.6 Å². The van der Waals surface area contributed by atoms with Gasteiger partial charge in [0.1, 0.15) is 18.7 Å². The van der Waals surface area contributed by atoms with Crippen molar-refractivity contribution in [2.75, 3.05) is 39.3 Å². The minimum absolute atomic E-state index is 0.0925. The second kappa shape index (κ2) is 12.6. The SMILES string of the molecule is CSCCC(NC(=O)C(CCN(C)C)NC(=O)OCC1c2ccccc2-c2ccccc21)C(=O)O. The number of carbonyl (C=O) groups is 3. The molecule has 35 heavy (non-hydrogen) atoms. The van der Waals surface area contributed by atoms with E-state index in [1.807, 2.05) is 61.6 Å². The standard InChI is InChI=1S/C26H33N3O5S/c1-29(2)14-12-22(24(30)27-23(25(31)32)13-15-35-3)28-26(33)34-16-21-19-10-6-4-8-17(19)18-9-5-7-11-20(18)21/h4-11,21-23H,12-16H2,1-3H3,(H,27,30)(H,28,33)(H,31,32). The van der Waals surface area contributed by atoms with Crippen LogP contribution in [0.5, 0.6) is 0 Å². The Bertz CT molecular complexity index is 1000. The van der Waals surface area contributed by atoms with E-state index in [-0.39, 0.29) is 12.5 Å². The lowest BCUT2D eigenvalue weighted by molar-refractivity contribution is -0.142.